The summed E-state index contributed by atoms with van der Waals surface area (Å²) in [6, 6.07) is 5.31. The highest BCUT2D eigenvalue weighted by Gasteiger charge is 2.14. The number of hydrogen-bond acceptors (Lipinski definition) is 1. The first-order valence-electron chi connectivity index (χ1n) is 6.45. The number of hydrogen-bond donors (Lipinski definition) is 1. The molecule has 0 aliphatic rings. The smallest absolute Gasteiger partial charge is 0.124 e. The number of benzene rings is 1. The Morgan fingerprint density at radius 2 is 1.94 bits per heavy atom. The molecule has 0 aliphatic carbocycles. The van der Waals surface area contributed by atoms with Crippen molar-refractivity contribution in [2.24, 2.45) is 5.41 Å². The molecule has 0 spiro atoms. The van der Waals surface area contributed by atoms with Crippen molar-refractivity contribution in [1.82, 2.24) is 5.32 Å². The number of halogens is 2. The fraction of sp³-hybridized carbons (Fsp3) is 0.600. The average Bonchev–Trinajstić information content (AvgIpc) is 2.21. The van der Waals surface area contributed by atoms with Crippen LogP contribution in [0, 0.1) is 11.2 Å². The maximum atomic E-state index is 13.4. The highest BCUT2D eigenvalue weighted by Crippen LogP contribution is 2.27. The predicted molar refractivity (Wildman–Crippen MR) is 79.2 cm³/mol. The van der Waals surface area contributed by atoms with Crippen molar-refractivity contribution in [2.45, 2.75) is 46.1 Å². The molecule has 0 saturated heterocycles. The van der Waals surface area contributed by atoms with E-state index >= 15 is 0 Å². The first kappa shape index (κ1) is 15.6. The Morgan fingerprint density at radius 1 is 1.28 bits per heavy atom. The van der Waals surface area contributed by atoms with E-state index in [1.54, 1.807) is 6.07 Å². The lowest BCUT2D eigenvalue weighted by Gasteiger charge is -2.21. The van der Waals surface area contributed by atoms with Gasteiger partial charge in [-0.1, -0.05) is 43.1 Å². The minimum Gasteiger partial charge on any atom is -0.313 e. The van der Waals surface area contributed by atoms with E-state index < -0.39 is 0 Å². The van der Waals surface area contributed by atoms with Crippen molar-refractivity contribution in [3.8, 4) is 0 Å². The van der Waals surface area contributed by atoms with Gasteiger partial charge in [0, 0.05) is 10.5 Å². The zero-order valence-corrected chi connectivity index (χ0v) is 13.3. The molecule has 0 amide bonds. The summed E-state index contributed by atoms with van der Waals surface area (Å²) in [5.74, 6) is -0.185. The van der Waals surface area contributed by atoms with Gasteiger partial charge in [-0.15, -0.1) is 0 Å². The van der Waals surface area contributed by atoms with Crippen LogP contribution in [0.15, 0.2) is 22.7 Å². The minimum atomic E-state index is -0.185. The Bertz CT molecular complexity index is 364. The SMILES string of the molecule is CNC(CCCC(C)(C)C)c1cc(F)cc(Br)c1. The van der Waals surface area contributed by atoms with Gasteiger partial charge in [-0.2, -0.15) is 0 Å². The molecule has 0 aliphatic heterocycles. The average molecular weight is 316 g/mol. The standard InChI is InChI=1S/C15H23BrFN/c1-15(2,3)7-5-6-14(18-4)11-8-12(16)10-13(17)9-11/h8-10,14,18H,5-7H2,1-4H3. The van der Waals surface area contributed by atoms with Crippen molar-refractivity contribution in [2.75, 3.05) is 7.05 Å². The lowest BCUT2D eigenvalue weighted by atomic mass is 9.88. The van der Waals surface area contributed by atoms with Crippen LogP contribution in [0.4, 0.5) is 4.39 Å². The zero-order valence-electron chi connectivity index (χ0n) is 11.7. The topological polar surface area (TPSA) is 12.0 Å². The molecule has 1 nitrogen and oxygen atoms in total. The van der Waals surface area contributed by atoms with E-state index in [1.807, 2.05) is 13.1 Å². The Balaban J connectivity index is 2.65. The summed E-state index contributed by atoms with van der Waals surface area (Å²) < 4.78 is 14.2. The van der Waals surface area contributed by atoms with Crippen LogP contribution in [0.25, 0.3) is 0 Å². The summed E-state index contributed by atoms with van der Waals surface area (Å²) in [7, 11) is 1.93. The van der Waals surface area contributed by atoms with Crippen LogP contribution in [0.5, 0.6) is 0 Å². The molecule has 18 heavy (non-hydrogen) atoms. The summed E-state index contributed by atoms with van der Waals surface area (Å²) in [6.07, 6.45) is 3.36. The maximum Gasteiger partial charge on any atom is 0.124 e. The molecule has 0 fully saturated rings. The molecular weight excluding hydrogens is 293 g/mol. The van der Waals surface area contributed by atoms with Crippen LogP contribution in [0.2, 0.25) is 0 Å². The molecule has 0 radical (unpaired) electrons. The summed E-state index contributed by atoms with van der Waals surface area (Å²) in [6.45, 7) is 6.75. The van der Waals surface area contributed by atoms with Crippen molar-refractivity contribution < 1.29 is 4.39 Å². The normalized spacial score (nSPS) is 13.7. The molecule has 1 aromatic carbocycles. The van der Waals surface area contributed by atoms with E-state index in [0.29, 0.717) is 5.41 Å². The molecule has 0 saturated carbocycles. The molecular formula is C15H23BrFN. The summed E-state index contributed by atoms with van der Waals surface area (Å²) in [5.41, 5.74) is 1.37. The van der Waals surface area contributed by atoms with Crippen LogP contribution in [-0.4, -0.2) is 7.05 Å². The second kappa shape index (κ2) is 6.67. The van der Waals surface area contributed by atoms with E-state index in [-0.39, 0.29) is 11.9 Å². The van der Waals surface area contributed by atoms with Crippen molar-refractivity contribution >= 4 is 15.9 Å². The third-order valence-corrected chi connectivity index (χ3v) is 3.51. The fourth-order valence-corrected chi connectivity index (χ4v) is 2.57. The molecule has 0 aromatic heterocycles. The summed E-state index contributed by atoms with van der Waals surface area (Å²) >= 11 is 3.34. The van der Waals surface area contributed by atoms with E-state index in [1.165, 1.54) is 12.5 Å². The van der Waals surface area contributed by atoms with Crippen LogP contribution in [-0.2, 0) is 0 Å². The largest absolute Gasteiger partial charge is 0.313 e. The van der Waals surface area contributed by atoms with E-state index in [2.05, 4.69) is 42.0 Å². The van der Waals surface area contributed by atoms with Gasteiger partial charge in [0.25, 0.3) is 0 Å². The molecule has 1 atom stereocenters. The van der Waals surface area contributed by atoms with Gasteiger partial charge >= 0.3 is 0 Å². The van der Waals surface area contributed by atoms with Crippen LogP contribution < -0.4 is 5.32 Å². The van der Waals surface area contributed by atoms with E-state index in [4.69, 9.17) is 0 Å². The number of nitrogens with one attached hydrogen (secondary N) is 1. The second-order valence-electron chi connectivity index (χ2n) is 6.00. The molecule has 1 unspecified atom stereocenters. The third-order valence-electron chi connectivity index (χ3n) is 3.06. The first-order chi connectivity index (χ1) is 8.31. The lowest BCUT2D eigenvalue weighted by molar-refractivity contribution is 0.347. The van der Waals surface area contributed by atoms with Gasteiger partial charge in [0.15, 0.2) is 0 Å². The maximum absolute atomic E-state index is 13.4. The Morgan fingerprint density at radius 3 is 2.44 bits per heavy atom. The summed E-state index contributed by atoms with van der Waals surface area (Å²) in [5, 5.41) is 3.27. The van der Waals surface area contributed by atoms with E-state index in [9.17, 15) is 4.39 Å². The van der Waals surface area contributed by atoms with Gasteiger partial charge in [-0.05, 0) is 49.1 Å². The molecule has 3 heteroatoms. The Labute approximate surface area is 118 Å². The number of rotatable bonds is 5. The minimum absolute atomic E-state index is 0.185. The Hall–Kier alpha value is -0.410. The quantitative estimate of drug-likeness (QED) is 0.800. The van der Waals surface area contributed by atoms with Gasteiger partial charge in [-0.3, -0.25) is 0 Å². The van der Waals surface area contributed by atoms with Crippen molar-refractivity contribution in [3.63, 3.8) is 0 Å². The molecule has 102 valence electrons. The summed E-state index contributed by atoms with van der Waals surface area (Å²) in [4.78, 5) is 0. The molecule has 1 aromatic rings. The van der Waals surface area contributed by atoms with Crippen LogP contribution in [0.3, 0.4) is 0 Å². The van der Waals surface area contributed by atoms with Gasteiger partial charge < -0.3 is 5.32 Å². The second-order valence-corrected chi connectivity index (χ2v) is 6.91. The monoisotopic (exact) mass is 315 g/mol. The van der Waals surface area contributed by atoms with Gasteiger partial charge in [0.1, 0.15) is 5.82 Å². The van der Waals surface area contributed by atoms with E-state index in [0.717, 1.165) is 22.9 Å². The lowest BCUT2D eigenvalue weighted by Crippen LogP contribution is -2.17. The Kier molecular flexibility index (Phi) is 5.80. The van der Waals surface area contributed by atoms with Gasteiger partial charge in [0.2, 0.25) is 0 Å². The van der Waals surface area contributed by atoms with Crippen LogP contribution >= 0.6 is 15.9 Å². The molecule has 1 N–H and O–H groups in total. The predicted octanol–water partition coefficient (Wildman–Crippen LogP) is 5.07. The van der Waals surface area contributed by atoms with Crippen molar-refractivity contribution in [1.29, 1.82) is 0 Å². The highest BCUT2D eigenvalue weighted by molar-refractivity contribution is 9.10. The highest BCUT2D eigenvalue weighted by atomic mass is 79.9. The first-order valence-corrected chi connectivity index (χ1v) is 7.24. The van der Waals surface area contributed by atoms with Gasteiger partial charge in [-0.25, -0.2) is 4.39 Å². The van der Waals surface area contributed by atoms with Gasteiger partial charge in [0.05, 0.1) is 0 Å². The third kappa shape index (κ3) is 5.49. The molecule has 1 rings (SSSR count). The fourth-order valence-electron chi connectivity index (χ4n) is 2.09. The van der Waals surface area contributed by atoms with Crippen molar-refractivity contribution in [3.05, 3.63) is 34.1 Å². The zero-order chi connectivity index (χ0) is 13.8. The molecule has 0 bridgehead atoms. The van der Waals surface area contributed by atoms with Crippen LogP contribution in [0.1, 0.15) is 51.6 Å². The molecule has 0 heterocycles.